The Morgan fingerprint density at radius 3 is 2.59 bits per heavy atom. The normalized spacial score (nSPS) is 15.4. The van der Waals surface area contributed by atoms with Gasteiger partial charge in [0.1, 0.15) is 4.90 Å². The van der Waals surface area contributed by atoms with Crippen LogP contribution in [-0.2, 0) is 14.8 Å². The standard InChI is InChI=1S/C22H23N3O3S/c1-16(18-9-8-17-5-2-3-6-19(17)13-18)24-22(26)15-25(20-10-11-20)29(27,28)21-7-4-12-23-14-21/h2-9,12-14,16,20H,10-11,15H2,1H3,(H,24,26)/t16-/m0/s1. The van der Waals surface area contributed by atoms with Crippen molar-refractivity contribution < 1.29 is 13.2 Å². The van der Waals surface area contributed by atoms with E-state index >= 15 is 0 Å². The Balaban J connectivity index is 1.48. The summed E-state index contributed by atoms with van der Waals surface area (Å²) in [5.41, 5.74) is 0.977. The Kier molecular flexibility index (Phi) is 5.34. The van der Waals surface area contributed by atoms with Gasteiger partial charge in [-0.25, -0.2) is 8.42 Å². The molecule has 1 saturated carbocycles. The lowest BCUT2D eigenvalue weighted by Gasteiger charge is -2.23. The number of benzene rings is 2. The van der Waals surface area contributed by atoms with Crippen molar-refractivity contribution >= 4 is 26.7 Å². The van der Waals surface area contributed by atoms with Crippen LogP contribution < -0.4 is 5.32 Å². The first-order valence-corrected chi connectivity index (χ1v) is 11.1. The summed E-state index contributed by atoms with van der Waals surface area (Å²) in [6, 6.07) is 16.8. The summed E-state index contributed by atoms with van der Waals surface area (Å²) >= 11 is 0. The molecule has 3 aromatic rings. The largest absolute Gasteiger partial charge is 0.348 e. The van der Waals surface area contributed by atoms with E-state index in [9.17, 15) is 13.2 Å². The van der Waals surface area contributed by atoms with Gasteiger partial charge in [0.15, 0.2) is 0 Å². The van der Waals surface area contributed by atoms with Gasteiger partial charge in [-0.15, -0.1) is 0 Å². The number of carbonyl (C=O) groups excluding carboxylic acids is 1. The molecule has 0 spiro atoms. The smallest absolute Gasteiger partial charge is 0.245 e. The topological polar surface area (TPSA) is 79.4 Å². The van der Waals surface area contributed by atoms with Crippen LogP contribution in [0.2, 0.25) is 0 Å². The number of sulfonamides is 1. The van der Waals surface area contributed by atoms with Gasteiger partial charge in [-0.1, -0.05) is 36.4 Å². The highest BCUT2D eigenvalue weighted by Gasteiger charge is 2.39. The molecule has 1 heterocycles. The average Bonchev–Trinajstić information content (AvgIpc) is 3.57. The minimum atomic E-state index is -3.75. The molecule has 7 heteroatoms. The second-order valence-electron chi connectivity index (χ2n) is 7.37. The number of fused-ring (bicyclic) bond motifs is 1. The fraction of sp³-hybridized carbons (Fsp3) is 0.273. The van der Waals surface area contributed by atoms with Crippen molar-refractivity contribution in [1.82, 2.24) is 14.6 Å². The fourth-order valence-corrected chi connectivity index (χ4v) is 5.00. The maximum Gasteiger partial charge on any atom is 0.245 e. The molecule has 0 bridgehead atoms. The number of nitrogens with one attached hydrogen (secondary N) is 1. The van der Waals surface area contributed by atoms with Crippen LogP contribution in [0.25, 0.3) is 10.8 Å². The van der Waals surface area contributed by atoms with E-state index in [1.807, 2.05) is 49.4 Å². The van der Waals surface area contributed by atoms with Crippen LogP contribution in [0.4, 0.5) is 0 Å². The number of aromatic nitrogens is 1. The lowest BCUT2D eigenvalue weighted by molar-refractivity contribution is -0.122. The van der Waals surface area contributed by atoms with E-state index in [4.69, 9.17) is 0 Å². The molecule has 1 aliphatic rings. The van der Waals surface area contributed by atoms with E-state index in [-0.39, 0.29) is 29.4 Å². The number of hydrogen-bond donors (Lipinski definition) is 1. The van der Waals surface area contributed by atoms with Gasteiger partial charge in [0.25, 0.3) is 0 Å². The van der Waals surface area contributed by atoms with E-state index in [0.29, 0.717) is 0 Å². The van der Waals surface area contributed by atoms with Crippen LogP contribution in [0.5, 0.6) is 0 Å². The van der Waals surface area contributed by atoms with Crippen molar-refractivity contribution in [3.8, 4) is 0 Å². The highest BCUT2D eigenvalue weighted by atomic mass is 32.2. The third-order valence-electron chi connectivity index (χ3n) is 5.15. The van der Waals surface area contributed by atoms with Gasteiger partial charge in [0, 0.05) is 18.4 Å². The van der Waals surface area contributed by atoms with E-state index < -0.39 is 10.0 Å². The Morgan fingerprint density at radius 1 is 1.14 bits per heavy atom. The van der Waals surface area contributed by atoms with Crippen molar-refractivity contribution in [3.05, 3.63) is 72.6 Å². The SMILES string of the molecule is C[C@H](NC(=O)CN(C1CC1)S(=O)(=O)c1cccnc1)c1ccc2ccccc2c1. The van der Waals surface area contributed by atoms with Crippen LogP contribution >= 0.6 is 0 Å². The molecular weight excluding hydrogens is 386 g/mol. The first-order chi connectivity index (χ1) is 13.9. The minimum Gasteiger partial charge on any atom is -0.348 e. The zero-order valence-electron chi connectivity index (χ0n) is 16.2. The Hall–Kier alpha value is -2.77. The third-order valence-corrected chi connectivity index (χ3v) is 7.03. The van der Waals surface area contributed by atoms with Crippen molar-refractivity contribution in [3.63, 3.8) is 0 Å². The monoisotopic (exact) mass is 409 g/mol. The highest BCUT2D eigenvalue weighted by Crippen LogP contribution is 2.31. The van der Waals surface area contributed by atoms with Gasteiger partial charge in [-0.3, -0.25) is 9.78 Å². The number of pyridine rings is 1. The van der Waals surface area contributed by atoms with E-state index in [1.165, 1.54) is 22.8 Å². The summed E-state index contributed by atoms with van der Waals surface area (Å²) in [7, 11) is -3.75. The van der Waals surface area contributed by atoms with E-state index in [1.54, 1.807) is 6.07 Å². The molecule has 150 valence electrons. The maximum atomic E-state index is 13.0. The van der Waals surface area contributed by atoms with Crippen LogP contribution in [0.1, 0.15) is 31.4 Å². The summed E-state index contributed by atoms with van der Waals surface area (Å²) in [6.45, 7) is 1.71. The molecule has 6 nitrogen and oxygen atoms in total. The third kappa shape index (κ3) is 4.31. The van der Waals surface area contributed by atoms with Gasteiger partial charge >= 0.3 is 0 Å². The minimum absolute atomic E-state index is 0.113. The number of hydrogen-bond acceptors (Lipinski definition) is 4. The van der Waals surface area contributed by atoms with Crippen molar-refractivity contribution in [2.45, 2.75) is 36.7 Å². The quantitative estimate of drug-likeness (QED) is 0.650. The van der Waals surface area contributed by atoms with Gasteiger partial charge in [-0.05, 0) is 54.3 Å². The second kappa shape index (κ2) is 7.93. The highest BCUT2D eigenvalue weighted by molar-refractivity contribution is 7.89. The number of carbonyl (C=O) groups is 1. The summed E-state index contributed by atoms with van der Waals surface area (Å²) in [4.78, 5) is 16.7. The summed E-state index contributed by atoms with van der Waals surface area (Å²) in [5.74, 6) is -0.315. The molecule has 4 rings (SSSR count). The molecule has 29 heavy (non-hydrogen) atoms. The van der Waals surface area contributed by atoms with Gasteiger partial charge in [0.2, 0.25) is 15.9 Å². The predicted molar refractivity (Wildman–Crippen MR) is 112 cm³/mol. The summed E-state index contributed by atoms with van der Waals surface area (Å²) in [5, 5.41) is 5.17. The van der Waals surface area contributed by atoms with Crippen molar-refractivity contribution in [1.29, 1.82) is 0 Å². The number of rotatable bonds is 7. The molecule has 1 atom stereocenters. The van der Waals surface area contributed by atoms with Crippen molar-refractivity contribution in [2.24, 2.45) is 0 Å². The van der Waals surface area contributed by atoms with Crippen LogP contribution in [0, 0.1) is 0 Å². The van der Waals surface area contributed by atoms with Crippen LogP contribution in [-0.4, -0.2) is 36.2 Å². The Morgan fingerprint density at radius 2 is 1.90 bits per heavy atom. The van der Waals surface area contributed by atoms with Crippen molar-refractivity contribution in [2.75, 3.05) is 6.54 Å². The molecule has 0 saturated heterocycles. The van der Waals surface area contributed by atoms with Crippen LogP contribution in [0.3, 0.4) is 0 Å². The lowest BCUT2D eigenvalue weighted by Crippen LogP contribution is -2.42. The first kappa shape index (κ1) is 19.5. The molecule has 0 unspecified atom stereocenters. The van der Waals surface area contributed by atoms with Crippen LogP contribution in [0.15, 0.2) is 71.9 Å². The summed E-state index contributed by atoms with van der Waals surface area (Å²) in [6.07, 6.45) is 4.39. The molecule has 1 aliphatic carbocycles. The molecule has 0 radical (unpaired) electrons. The maximum absolute atomic E-state index is 13.0. The zero-order chi connectivity index (χ0) is 20.4. The zero-order valence-corrected chi connectivity index (χ0v) is 17.0. The molecule has 1 amide bonds. The second-order valence-corrected chi connectivity index (χ2v) is 9.26. The molecule has 0 aliphatic heterocycles. The summed E-state index contributed by atoms with van der Waals surface area (Å²) < 4.78 is 27.2. The van der Waals surface area contributed by atoms with E-state index in [0.717, 1.165) is 29.2 Å². The first-order valence-electron chi connectivity index (χ1n) is 9.65. The Labute approximate surface area is 170 Å². The van der Waals surface area contributed by atoms with Gasteiger partial charge in [-0.2, -0.15) is 4.31 Å². The molecule has 1 aromatic heterocycles. The van der Waals surface area contributed by atoms with Gasteiger partial charge < -0.3 is 5.32 Å². The Bertz CT molecular complexity index is 1130. The number of nitrogens with zero attached hydrogens (tertiary/aromatic N) is 2. The predicted octanol–water partition coefficient (Wildman–Crippen LogP) is 3.27. The molecular formula is C22H23N3O3S. The van der Waals surface area contributed by atoms with Gasteiger partial charge in [0.05, 0.1) is 12.6 Å². The molecule has 1 N–H and O–H groups in total. The lowest BCUT2D eigenvalue weighted by atomic mass is 10.0. The molecule has 1 fully saturated rings. The fourth-order valence-electron chi connectivity index (χ4n) is 3.40. The number of amides is 1. The van der Waals surface area contributed by atoms with E-state index in [2.05, 4.69) is 10.3 Å². The average molecular weight is 410 g/mol. The molecule has 2 aromatic carbocycles.